The Labute approximate surface area is 183 Å². The number of rotatable bonds is 8. The third-order valence-electron chi connectivity index (χ3n) is 5.09. The van der Waals surface area contributed by atoms with Gasteiger partial charge in [-0.1, -0.05) is 56.0 Å². The number of carbonyl (C=O) groups is 1. The lowest BCUT2D eigenvalue weighted by atomic mass is 9.94. The molecule has 0 aliphatic carbocycles. The average Bonchev–Trinajstić information content (AvgIpc) is 2.74. The second-order valence-corrected chi connectivity index (χ2v) is 7.81. The molecule has 1 N–H and O–H groups in total. The lowest BCUT2D eigenvalue weighted by molar-refractivity contribution is -0.110. The Hall–Kier alpha value is -3.53. The summed E-state index contributed by atoms with van der Waals surface area (Å²) in [6.07, 6.45) is 5.32. The molecule has 3 rings (SSSR count). The third kappa shape index (κ3) is 5.98. The normalized spacial score (nSPS) is 12.0. The van der Waals surface area contributed by atoms with E-state index in [-0.39, 0.29) is 23.3 Å². The molecule has 0 radical (unpaired) electrons. The van der Waals surface area contributed by atoms with Gasteiger partial charge in [0, 0.05) is 17.3 Å². The van der Waals surface area contributed by atoms with Crippen LogP contribution in [0.4, 0.5) is 15.9 Å². The number of pyridine rings is 1. The number of nitrogens with one attached hydrogen (secondary N) is 1. The molecule has 0 spiro atoms. The first-order valence-corrected chi connectivity index (χ1v) is 10.3. The number of aryl methyl sites for hydroxylation is 2. The number of hydrogen-bond acceptors (Lipinski definition) is 3. The summed E-state index contributed by atoms with van der Waals surface area (Å²) in [6, 6.07) is 17.3. The van der Waals surface area contributed by atoms with Crippen LogP contribution in [-0.4, -0.2) is 10.8 Å². The van der Waals surface area contributed by atoms with Crippen molar-refractivity contribution in [1.82, 2.24) is 4.98 Å². The highest BCUT2D eigenvalue weighted by Gasteiger charge is 2.16. The fourth-order valence-corrected chi connectivity index (χ4v) is 3.56. The van der Waals surface area contributed by atoms with Gasteiger partial charge in [-0.2, -0.15) is 0 Å². The predicted molar refractivity (Wildman–Crippen MR) is 126 cm³/mol. The number of halogens is 1. The van der Waals surface area contributed by atoms with Gasteiger partial charge in [0.2, 0.25) is 0 Å². The number of ketones is 1. The molecule has 1 unspecified atom stereocenters. The molecule has 0 aliphatic heterocycles. The minimum Gasteiger partial charge on any atom is -0.338 e. The largest absolute Gasteiger partial charge is 0.338 e. The van der Waals surface area contributed by atoms with Gasteiger partial charge in [-0.15, -0.1) is 0 Å². The van der Waals surface area contributed by atoms with Crippen molar-refractivity contribution in [3.8, 4) is 0 Å². The number of benzene rings is 2. The summed E-state index contributed by atoms with van der Waals surface area (Å²) in [6.45, 7) is 9.45. The Balaban J connectivity index is 1.81. The highest BCUT2D eigenvalue weighted by molar-refractivity contribution is 6.01. The van der Waals surface area contributed by atoms with Gasteiger partial charge in [-0.05, 0) is 72.9 Å². The predicted octanol–water partition coefficient (Wildman–Crippen LogP) is 6.70. The van der Waals surface area contributed by atoms with Gasteiger partial charge < -0.3 is 5.32 Å². The van der Waals surface area contributed by atoms with Gasteiger partial charge in [-0.25, -0.2) is 9.37 Å². The molecule has 1 aromatic heterocycles. The number of hydrogen-bond donors (Lipinski definition) is 1. The lowest BCUT2D eigenvalue weighted by Crippen LogP contribution is -2.08. The molecule has 158 valence electrons. The maximum Gasteiger partial charge on any atom is 0.178 e. The van der Waals surface area contributed by atoms with Crippen molar-refractivity contribution < 1.29 is 9.18 Å². The van der Waals surface area contributed by atoms with Crippen molar-refractivity contribution in [2.24, 2.45) is 0 Å². The third-order valence-corrected chi connectivity index (χ3v) is 5.09. The summed E-state index contributed by atoms with van der Waals surface area (Å²) in [7, 11) is 0. The first-order valence-electron chi connectivity index (χ1n) is 10.3. The van der Waals surface area contributed by atoms with E-state index < -0.39 is 0 Å². The van der Waals surface area contributed by atoms with E-state index in [4.69, 9.17) is 0 Å². The molecule has 2 aromatic carbocycles. The molecule has 0 saturated carbocycles. The van der Waals surface area contributed by atoms with Gasteiger partial charge in [0.1, 0.15) is 0 Å². The first kappa shape index (κ1) is 22.2. The summed E-state index contributed by atoms with van der Waals surface area (Å²) in [5.41, 5.74) is 5.66. The van der Waals surface area contributed by atoms with Crippen molar-refractivity contribution in [3.05, 3.63) is 107 Å². The second kappa shape index (κ2) is 9.98. The number of allylic oxidation sites excluding steroid dienone is 2. The molecule has 0 aliphatic rings. The summed E-state index contributed by atoms with van der Waals surface area (Å²) in [4.78, 5) is 16.1. The summed E-state index contributed by atoms with van der Waals surface area (Å²) in [5, 5.41) is 3.11. The maximum atomic E-state index is 14.6. The minimum absolute atomic E-state index is 0.0905. The summed E-state index contributed by atoms with van der Waals surface area (Å²) < 4.78 is 14.6. The van der Waals surface area contributed by atoms with Crippen LogP contribution in [0.5, 0.6) is 0 Å². The van der Waals surface area contributed by atoms with Crippen molar-refractivity contribution in [3.63, 3.8) is 0 Å². The van der Waals surface area contributed by atoms with Crippen LogP contribution in [0.2, 0.25) is 0 Å². The van der Waals surface area contributed by atoms with E-state index >= 15 is 0 Å². The Morgan fingerprint density at radius 2 is 1.94 bits per heavy atom. The molecular weight excluding hydrogens is 387 g/mol. The van der Waals surface area contributed by atoms with E-state index in [0.717, 1.165) is 40.1 Å². The van der Waals surface area contributed by atoms with E-state index in [1.807, 2.05) is 62.4 Å². The van der Waals surface area contributed by atoms with E-state index in [0.29, 0.717) is 0 Å². The number of aromatic nitrogens is 1. The second-order valence-electron chi connectivity index (χ2n) is 7.81. The molecule has 0 saturated heterocycles. The number of carbonyl (C=O) groups excluding carboxylic acids is 1. The molecule has 0 fully saturated rings. The van der Waals surface area contributed by atoms with E-state index in [1.54, 1.807) is 6.08 Å². The van der Waals surface area contributed by atoms with Crippen LogP contribution in [0.25, 0.3) is 6.08 Å². The molecule has 1 atom stereocenters. The Bertz CT molecular complexity index is 1130. The molecule has 1 heterocycles. The fourth-order valence-electron chi connectivity index (χ4n) is 3.56. The van der Waals surface area contributed by atoms with Crippen molar-refractivity contribution in [1.29, 1.82) is 0 Å². The lowest BCUT2D eigenvalue weighted by Gasteiger charge is -2.17. The Morgan fingerprint density at radius 1 is 1.16 bits per heavy atom. The van der Waals surface area contributed by atoms with Gasteiger partial charge in [0.15, 0.2) is 17.4 Å². The molecule has 0 bridgehead atoms. The molecule has 3 nitrogen and oxygen atoms in total. The van der Waals surface area contributed by atoms with Crippen LogP contribution >= 0.6 is 0 Å². The first-order chi connectivity index (χ1) is 14.9. The van der Waals surface area contributed by atoms with E-state index in [2.05, 4.69) is 23.8 Å². The van der Waals surface area contributed by atoms with Gasteiger partial charge in [0.05, 0.1) is 0 Å². The van der Waals surface area contributed by atoms with Crippen molar-refractivity contribution in [2.45, 2.75) is 33.1 Å². The van der Waals surface area contributed by atoms with Crippen LogP contribution in [0.3, 0.4) is 0 Å². The fraction of sp³-hybridized carbons (Fsp3) is 0.185. The zero-order valence-corrected chi connectivity index (χ0v) is 18.2. The van der Waals surface area contributed by atoms with E-state index in [1.165, 1.54) is 18.2 Å². The topological polar surface area (TPSA) is 42.0 Å². The van der Waals surface area contributed by atoms with Gasteiger partial charge in [-0.3, -0.25) is 4.79 Å². The van der Waals surface area contributed by atoms with Crippen molar-refractivity contribution >= 4 is 23.4 Å². The summed E-state index contributed by atoms with van der Waals surface area (Å²) >= 11 is 0. The van der Waals surface area contributed by atoms with Gasteiger partial charge in [0.25, 0.3) is 0 Å². The van der Waals surface area contributed by atoms with Crippen LogP contribution < -0.4 is 5.32 Å². The zero-order chi connectivity index (χ0) is 22.4. The van der Waals surface area contributed by atoms with Crippen LogP contribution in [0.1, 0.15) is 40.8 Å². The Morgan fingerprint density at radius 3 is 2.68 bits per heavy atom. The van der Waals surface area contributed by atoms with Crippen LogP contribution in [0, 0.1) is 19.7 Å². The molecule has 3 aromatic rings. The molecule has 4 heteroatoms. The standard InChI is InChI=1S/C27H27FN2O/c1-5-24(31)13-12-21-9-7-10-22(17-21)15-19(3)26-20(4)16-25(28)27(30-26)29-23-11-6-8-18(2)14-23/h5-14,16-17,19H,1,15H2,2-4H3,(H,29,30)/b13-12+. The SMILES string of the molecule is C=CC(=O)/C=C/c1cccc(CC(C)c2nc(Nc3cccc(C)c3)c(F)cc2C)c1. The Kier molecular flexibility index (Phi) is 7.14. The number of anilines is 2. The summed E-state index contributed by atoms with van der Waals surface area (Å²) in [5.74, 6) is -0.169. The zero-order valence-electron chi connectivity index (χ0n) is 18.2. The minimum atomic E-state index is -0.367. The number of nitrogens with zero attached hydrogens (tertiary/aromatic N) is 1. The smallest absolute Gasteiger partial charge is 0.178 e. The highest BCUT2D eigenvalue weighted by Crippen LogP contribution is 2.27. The molecular formula is C27H27FN2O. The monoisotopic (exact) mass is 414 g/mol. The molecule has 31 heavy (non-hydrogen) atoms. The highest BCUT2D eigenvalue weighted by atomic mass is 19.1. The van der Waals surface area contributed by atoms with Crippen LogP contribution in [0.15, 0.2) is 73.3 Å². The van der Waals surface area contributed by atoms with Crippen molar-refractivity contribution in [2.75, 3.05) is 5.32 Å². The van der Waals surface area contributed by atoms with Gasteiger partial charge >= 0.3 is 0 Å². The maximum absolute atomic E-state index is 14.6. The van der Waals surface area contributed by atoms with E-state index in [9.17, 15) is 9.18 Å². The van der Waals surface area contributed by atoms with Crippen LogP contribution in [-0.2, 0) is 11.2 Å². The average molecular weight is 415 g/mol. The quantitative estimate of drug-likeness (QED) is 0.417. The molecule has 0 amide bonds.